The van der Waals surface area contributed by atoms with Crippen molar-refractivity contribution in [3.8, 4) is 0 Å². The molecule has 0 aliphatic carbocycles. The van der Waals surface area contributed by atoms with Crippen LogP contribution in [-0.4, -0.2) is 22.9 Å². The molecule has 0 heterocycles. The predicted octanol–water partition coefficient (Wildman–Crippen LogP) is 0.602. The third-order valence-electron chi connectivity index (χ3n) is 2.37. The summed E-state index contributed by atoms with van der Waals surface area (Å²) in [7, 11) is 0. The van der Waals surface area contributed by atoms with Crippen molar-refractivity contribution in [1.29, 1.82) is 0 Å². The molecular weight excluding hydrogens is 178 g/mol. The molecule has 0 aliphatic heterocycles. The predicted molar refractivity (Wildman–Crippen MR) is 55.8 cm³/mol. The molecule has 0 bridgehead atoms. The molecule has 3 heteroatoms. The lowest BCUT2D eigenvalue weighted by Gasteiger charge is -2.19. The summed E-state index contributed by atoms with van der Waals surface area (Å²) in [6.07, 6.45) is 0.0712. The minimum atomic E-state index is -0.781. The second-order valence-corrected chi connectivity index (χ2v) is 3.34. The van der Waals surface area contributed by atoms with Crippen LogP contribution in [-0.2, 0) is 6.42 Å². The smallest absolute Gasteiger partial charge is 0.0965 e. The van der Waals surface area contributed by atoms with Crippen molar-refractivity contribution in [2.24, 2.45) is 5.73 Å². The van der Waals surface area contributed by atoms with E-state index in [1.54, 1.807) is 0 Å². The second kappa shape index (κ2) is 5.10. The lowest BCUT2D eigenvalue weighted by molar-refractivity contribution is 0.109. The van der Waals surface area contributed by atoms with Crippen molar-refractivity contribution in [2.75, 3.05) is 6.61 Å². The van der Waals surface area contributed by atoms with E-state index in [1.807, 2.05) is 31.2 Å². The summed E-state index contributed by atoms with van der Waals surface area (Å²) in [4.78, 5) is 0. The van der Waals surface area contributed by atoms with Crippen LogP contribution in [0.25, 0.3) is 0 Å². The van der Waals surface area contributed by atoms with Gasteiger partial charge in [0, 0.05) is 0 Å². The minimum Gasteiger partial charge on any atom is -0.395 e. The zero-order valence-corrected chi connectivity index (χ0v) is 8.35. The number of aliphatic hydroxyl groups is 2. The number of hydrogen-bond donors (Lipinski definition) is 3. The highest BCUT2D eigenvalue weighted by Gasteiger charge is 2.17. The highest BCUT2D eigenvalue weighted by Crippen LogP contribution is 2.20. The first kappa shape index (κ1) is 11.2. The van der Waals surface area contributed by atoms with Gasteiger partial charge in [-0.15, -0.1) is 0 Å². The Kier molecular flexibility index (Phi) is 4.07. The van der Waals surface area contributed by atoms with Gasteiger partial charge in [0.25, 0.3) is 0 Å². The molecule has 1 rings (SSSR count). The largest absolute Gasteiger partial charge is 0.395 e. The fourth-order valence-electron chi connectivity index (χ4n) is 1.48. The van der Waals surface area contributed by atoms with Crippen LogP contribution in [0.2, 0.25) is 0 Å². The van der Waals surface area contributed by atoms with Crippen molar-refractivity contribution >= 4 is 0 Å². The van der Waals surface area contributed by atoms with Crippen LogP contribution in [0, 0.1) is 0 Å². The Morgan fingerprint density at radius 3 is 2.57 bits per heavy atom. The Morgan fingerprint density at radius 1 is 1.36 bits per heavy atom. The molecule has 1 aromatic rings. The molecular formula is C11H17NO2. The van der Waals surface area contributed by atoms with Gasteiger partial charge in [-0.2, -0.15) is 0 Å². The summed E-state index contributed by atoms with van der Waals surface area (Å²) in [5.41, 5.74) is 7.46. The first-order valence-corrected chi connectivity index (χ1v) is 4.83. The lowest BCUT2D eigenvalue weighted by Crippen LogP contribution is -2.32. The quantitative estimate of drug-likeness (QED) is 0.659. The molecule has 2 unspecified atom stereocenters. The molecule has 2 atom stereocenters. The summed E-state index contributed by atoms with van der Waals surface area (Å²) < 4.78 is 0. The van der Waals surface area contributed by atoms with Crippen molar-refractivity contribution in [2.45, 2.75) is 25.5 Å². The van der Waals surface area contributed by atoms with Crippen molar-refractivity contribution < 1.29 is 10.2 Å². The summed E-state index contributed by atoms with van der Waals surface area (Å²) >= 11 is 0. The monoisotopic (exact) mass is 195 g/mol. The van der Waals surface area contributed by atoms with E-state index in [0.29, 0.717) is 0 Å². The Bertz CT molecular complexity index is 288. The Morgan fingerprint density at radius 2 is 2.00 bits per heavy atom. The van der Waals surface area contributed by atoms with Gasteiger partial charge in [0.15, 0.2) is 0 Å². The number of benzene rings is 1. The maximum absolute atomic E-state index is 9.82. The van der Waals surface area contributed by atoms with Gasteiger partial charge in [0.1, 0.15) is 0 Å². The van der Waals surface area contributed by atoms with Crippen molar-refractivity contribution in [3.63, 3.8) is 0 Å². The molecule has 0 saturated carbocycles. The number of nitrogens with two attached hydrogens (primary N) is 1. The fourth-order valence-corrected chi connectivity index (χ4v) is 1.48. The zero-order chi connectivity index (χ0) is 10.6. The van der Waals surface area contributed by atoms with Crippen LogP contribution in [0.15, 0.2) is 24.3 Å². The first-order chi connectivity index (χ1) is 6.70. The summed E-state index contributed by atoms with van der Waals surface area (Å²) in [5.74, 6) is 0. The summed E-state index contributed by atoms with van der Waals surface area (Å²) in [6, 6.07) is 6.99. The molecule has 78 valence electrons. The maximum Gasteiger partial charge on any atom is 0.0965 e. The number of aliphatic hydroxyl groups excluding tert-OH is 2. The lowest BCUT2D eigenvalue weighted by atomic mass is 9.96. The molecule has 0 saturated heterocycles. The van der Waals surface area contributed by atoms with Crippen LogP contribution in [0.5, 0.6) is 0 Å². The Labute approximate surface area is 84.2 Å². The third-order valence-corrected chi connectivity index (χ3v) is 2.37. The van der Waals surface area contributed by atoms with E-state index in [4.69, 9.17) is 10.8 Å². The van der Waals surface area contributed by atoms with Crippen LogP contribution in [0.3, 0.4) is 0 Å². The van der Waals surface area contributed by atoms with Gasteiger partial charge in [-0.25, -0.2) is 0 Å². The van der Waals surface area contributed by atoms with Crippen LogP contribution < -0.4 is 5.73 Å². The van der Waals surface area contributed by atoms with Gasteiger partial charge in [-0.05, 0) is 17.5 Å². The molecule has 0 amide bonds. The highest BCUT2D eigenvalue weighted by atomic mass is 16.3. The number of rotatable bonds is 4. The Hall–Kier alpha value is -0.900. The maximum atomic E-state index is 9.82. The highest BCUT2D eigenvalue weighted by molar-refractivity contribution is 5.29. The van der Waals surface area contributed by atoms with E-state index in [-0.39, 0.29) is 6.61 Å². The fraction of sp³-hybridized carbons (Fsp3) is 0.455. The van der Waals surface area contributed by atoms with Crippen molar-refractivity contribution in [3.05, 3.63) is 35.4 Å². The van der Waals surface area contributed by atoms with Crippen LogP contribution >= 0.6 is 0 Å². The average molecular weight is 195 g/mol. The SMILES string of the molecule is CCc1ccccc1C(O)C(N)CO. The molecule has 4 N–H and O–H groups in total. The third kappa shape index (κ3) is 2.32. The number of hydrogen-bond acceptors (Lipinski definition) is 3. The summed E-state index contributed by atoms with van der Waals surface area (Å²) in [6.45, 7) is 1.81. The van der Waals surface area contributed by atoms with E-state index in [1.165, 1.54) is 0 Å². The molecule has 14 heavy (non-hydrogen) atoms. The first-order valence-electron chi connectivity index (χ1n) is 4.83. The molecule has 0 aromatic heterocycles. The van der Waals surface area contributed by atoms with Gasteiger partial charge in [0.05, 0.1) is 18.8 Å². The topological polar surface area (TPSA) is 66.5 Å². The number of aryl methyl sites for hydroxylation is 1. The molecule has 0 fully saturated rings. The van der Waals surface area contributed by atoms with E-state index in [9.17, 15) is 5.11 Å². The van der Waals surface area contributed by atoms with E-state index in [2.05, 4.69) is 0 Å². The molecule has 0 aliphatic rings. The zero-order valence-electron chi connectivity index (χ0n) is 8.35. The Balaban J connectivity index is 2.93. The van der Waals surface area contributed by atoms with Gasteiger partial charge >= 0.3 is 0 Å². The van der Waals surface area contributed by atoms with Gasteiger partial charge in [0.2, 0.25) is 0 Å². The standard InChI is InChI=1S/C11H17NO2/c1-2-8-5-3-4-6-9(8)11(14)10(12)7-13/h3-6,10-11,13-14H,2,7,12H2,1H3. The second-order valence-electron chi connectivity index (χ2n) is 3.34. The summed E-state index contributed by atoms with van der Waals surface area (Å²) in [5, 5.41) is 18.7. The molecule has 0 spiro atoms. The van der Waals surface area contributed by atoms with Crippen LogP contribution in [0.4, 0.5) is 0 Å². The van der Waals surface area contributed by atoms with Crippen LogP contribution in [0.1, 0.15) is 24.2 Å². The average Bonchev–Trinajstić information content (AvgIpc) is 2.26. The minimum absolute atomic E-state index is 0.209. The van der Waals surface area contributed by atoms with Gasteiger partial charge in [-0.1, -0.05) is 31.2 Å². The molecule has 3 nitrogen and oxygen atoms in total. The molecule has 0 radical (unpaired) electrons. The normalized spacial score (nSPS) is 15.1. The van der Waals surface area contributed by atoms with Gasteiger partial charge < -0.3 is 15.9 Å². The van der Waals surface area contributed by atoms with E-state index < -0.39 is 12.1 Å². The van der Waals surface area contributed by atoms with E-state index >= 15 is 0 Å². The molecule has 1 aromatic carbocycles. The van der Waals surface area contributed by atoms with Crippen molar-refractivity contribution in [1.82, 2.24) is 0 Å². The van der Waals surface area contributed by atoms with Gasteiger partial charge in [-0.3, -0.25) is 0 Å². The van der Waals surface area contributed by atoms with E-state index in [0.717, 1.165) is 17.5 Å².